The molecule has 2 heterocycles. The first-order valence-corrected chi connectivity index (χ1v) is 10.1. The Morgan fingerprint density at radius 2 is 1.87 bits per heavy atom. The number of carbonyl (C=O) groups is 2. The van der Waals surface area contributed by atoms with Crippen molar-refractivity contribution in [2.45, 2.75) is 19.3 Å². The van der Waals surface area contributed by atoms with Gasteiger partial charge in [0.2, 0.25) is 17.8 Å². The van der Waals surface area contributed by atoms with Crippen molar-refractivity contribution in [3.8, 4) is 0 Å². The van der Waals surface area contributed by atoms with Gasteiger partial charge in [0.1, 0.15) is 5.82 Å². The van der Waals surface area contributed by atoms with Gasteiger partial charge in [0.25, 0.3) is 5.56 Å². The largest absolute Gasteiger partial charge is 0.326 e. The number of anilines is 4. The Morgan fingerprint density at radius 3 is 2.61 bits per heavy atom. The topological polar surface area (TPSA) is 116 Å². The Kier molecular flexibility index (Phi) is 5.67. The van der Waals surface area contributed by atoms with Crippen molar-refractivity contribution in [3.63, 3.8) is 0 Å². The van der Waals surface area contributed by atoms with Crippen LogP contribution < -0.4 is 21.5 Å². The number of nitrogens with one attached hydrogen (secondary N) is 4. The van der Waals surface area contributed by atoms with Gasteiger partial charge in [0.15, 0.2) is 0 Å². The zero-order valence-corrected chi connectivity index (χ0v) is 17.8. The third kappa shape index (κ3) is 4.40. The molecule has 4 N–H and O–H groups in total. The van der Waals surface area contributed by atoms with Crippen molar-refractivity contribution < 1.29 is 9.59 Å². The highest BCUT2D eigenvalue weighted by Crippen LogP contribution is 2.31. The summed E-state index contributed by atoms with van der Waals surface area (Å²) in [6.07, 6.45) is -0.173. The van der Waals surface area contributed by atoms with Crippen molar-refractivity contribution in [1.82, 2.24) is 9.97 Å². The van der Waals surface area contributed by atoms with Crippen molar-refractivity contribution >= 4 is 58.2 Å². The predicted molar refractivity (Wildman–Crippen MR) is 120 cm³/mol. The lowest BCUT2D eigenvalue weighted by atomic mass is 9.92. The quantitative estimate of drug-likeness (QED) is 0.468. The van der Waals surface area contributed by atoms with Crippen LogP contribution in [0.2, 0.25) is 10.0 Å². The molecule has 1 atom stereocenters. The number of aromatic nitrogens is 2. The first-order valence-electron chi connectivity index (χ1n) is 9.34. The van der Waals surface area contributed by atoms with Crippen LogP contribution in [0, 0.1) is 6.92 Å². The summed E-state index contributed by atoms with van der Waals surface area (Å²) in [4.78, 5) is 44.9. The molecule has 158 valence electrons. The molecule has 2 aromatic carbocycles. The van der Waals surface area contributed by atoms with Crippen molar-refractivity contribution in [3.05, 3.63) is 74.0 Å². The van der Waals surface area contributed by atoms with Crippen LogP contribution in [0.1, 0.15) is 23.5 Å². The minimum Gasteiger partial charge on any atom is -0.326 e. The molecular weight excluding hydrogens is 441 g/mol. The van der Waals surface area contributed by atoms with E-state index in [1.165, 1.54) is 0 Å². The molecule has 0 fully saturated rings. The number of halogens is 2. The molecule has 3 aromatic rings. The number of hydrogen-bond donors (Lipinski definition) is 4. The van der Waals surface area contributed by atoms with Gasteiger partial charge >= 0.3 is 0 Å². The van der Waals surface area contributed by atoms with Gasteiger partial charge in [-0.3, -0.25) is 19.4 Å². The second-order valence-electron chi connectivity index (χ2n) is 7.02. The molecule has 10 heteroatoms. The number of hydrogen-bond acceptors (Lipinski definition) is 5. The first kappa shape index (κ1) is 20.9. The molecule has 2 amide bonds. The Morgan fingerprint density at radius 1 is 1.13 bits per heavy atom. The molecule has 0 saturated heterocycles. The van der Waals surface area contributed by atoms with Crippen molar-refractivity contribution in [2.75, 3.05) is 16.0 Å². The summed E-state index contributed by atoms with van der Waals surface area (Å²) >= 11 is 12.0. The number of H-pyrrole nitrogens is 1. The molecule has 0 saturated carbocycles. The number of rotatable bonds is 4. The number of benzene rings is 2. The van der Waals surface area contributed by atoms with Gasteiger partial charge in [-0.1, -0.05) is 29.3 Å². The van der Waals surface area contributed by atoms with E-state index in [0.717, 1.165) is 0 Å². The molecule has 0 spiro atoms. The van der Waals surface area contributed by atoms with E-state index in [0.29, 0.717) is 27.0 Å². The lowest BCUT2D eigenvalue weighted by Crippen LogP contribution is -2.36. The molecule has 1 unspecified atom stereocenters. The van der Waals surface area contributed by atoms with Gasteiger partial charge in [-0.2, -0.15) is 4.98 Å². The van der Waals surface area contributed by atoms with E-state index in [4.69, 9.17) is 23.2 Å². The maximum absolute atomic E-state index is 13.0. The van der Waals surface area contributed by atoms with Gasteiger partial charge in [-0.15, -0.1) is 0 Å². The maximum atomic E-state index is 13.0. The Hall–Kier alpha value is -3.36. The molecule has 1 aromatic heterocycles. The number of nitrogens with zero attached hydrogens (tertiary/aromatic N) is 1. The molecule has 31 heavy (non-hydrogen) atoms. The first-order chi connectivity index (χ1) is 14.8. The standard InChI is InChI=1S/C21H17Cl2N5O3/c1-10-14(23)3-2-4-15(10)25-19(30)13-9-16(29)26-18-17(13)20(31)28-21(27-18)24-12-7-5-11(22)6-8-12/h2-8,13H,9H2,1H3,(H,25,30)(H3,24,26,27,28,29,31). The molecule has 4 rings (SSSR count). The van der Waals surface area contributed by atoms with Crippen LogP contribution >= 0.6 is 23.2 Å². The van der Waals surface area contributed by atoms with E-state index >= 15 is 0 Å². The predicted octanol–water partition coefficient (Wildman–Crippen LogP) is 4.19. The maximum Gasteiger partial charge on any atom is 0.258 e. The third-order valence-electron chi connectivity index (χ3n) is 4.90. The summed E-state index contributed by atoms with van der Waals surface area (Å²) in [5, 5.41) is 9.33. The summed E-state index contributed by atoms with van der Waals surface area (Å²) < 4.78 is 0. The fourth-order valence-electron chi connectivity index (χ4n) is 3.29. The van der Waals surface area contributed by atoms with Crippen LogP contribution in [0.25, 0.3) is 0 Å². The monoisotopic (exact) mass is 457 g/mol. The minimum atomic E-state index is -0.997. The lowest BCUT2D eigenvalue weighted by molar-refractivity contribution is -0.123. The SMILES string of the molecule is Cc1c(Cl)cccc1NC(=O)C1CC(=O)Nc2nc(Nc3ccc(Cl)cc3)[nH]c(=O)c21. The number of amides is 2. The van der Waals surface area contributed by atoms with E-state index in [9.17, 15) is 14.4 Å². The van der Waals surface area contributed by atoms with Crippen molar-refractivity contribution in [1.29, 1.82) is 0 Å². The summed E-state index contributed by atoms with van der Waals surface area (Å²) in [6.45, 7) is 1.77. The summed E-state index contributed by atoms with van der Waals surface area (Å²) in [5.41, 5.74) is 1.41. The summed E-state index contributed by atoms with van der Waals surface area (Å²) in [5.74, 6) is -1.74. The van der Waals surface area contributed by atoms with Gasteiger partial charge in [-0.05, 0) is 48.9 Å². The van der Waals surface area contributed by atoms with E-state index in [1.807, 2.05) is 0 Å². The minimum absolute atomic E-state index is 0.0411. The zero-order chi connectivity index (χ0) is 22.1. The molecule has 0 bridgehead atoms. The Balaban J connectivity index is 1.65. The highest BCUT2D eigenvalue weighted by atomic mass is 35.5. The van der Waals surface area contributed by atoms with E-state index in [-0.39, 0.29) is 23.8 Å². The lowest BCUT2D eigenvalue weighted by Gasteiger charge is -2.24. The third-order valence-corrected chi connectivity index (χ3v) is 5.56. The molecule has 0 radical (unpaired) electrons. The summed E-state index contributed by atoms with van der Waals surface area (Å²) in [7, 11) is 0. The van der Waals surface area contributed by atoms with E-state index < -0.39 is 23.3 Å². The van der Waals surface area contributed by atoms with E-state index in [1.54, 1.807) is 49.4 Å². The highest BCUT2D eigenvalue weighted by Gasteiger charge is 2.35. The van der Waals surface area contributed by atoms with Crippen LogP contribution in [0.4, 0.5) is 23.1 Å². The number of carbonyl (C=O) groups excluding carboxylic acids is 2. The van der Waals surface area contributed by atoms with Crippen LogP contribution in [0.3, 0.4) is 0 Å². The highest BCUT2D eigenvalue weighted by molar-refractivity contribution is 6.31. The normalized spacial score (nSPS) is 15.1. The van der Waals surface area contributed by atoms with Gasteiger partial charge in [0.05, 0.1) is 11.5 Å². The smallest absolute Gasteiger partial charge is 0.258 e. The average molecular weight is 458 g/mol. The average Bonchev–Trinajstić information content (AvgIpc) is 2.72. The second-order valence-corrected chi connectivity index (χ2v) is 7.86. The van der Waals surface area contributed by atoms with Crippen LogP contribution in [-0.2, 0) is 9.59 Å². The molecule has 1 aliphatic rings. The number of fused-ring (bicyclic) bond motifs is 1. The van der Waals surface area contributed by atoms with Gasteiger partial charge in [-0.25, -0.2) is 0 Å². The van der Waals surface area contributed by atoms with Crippen LogP contribution in [0.15, 0.2) is 47.3 Å². The van der Waals surface area contributed by atoms with E-state index in [2.05, 4.69) is 25.9 Å². The van der Waals surface area contributed by atoms with Crippen molar-refractivity contribution in [2.24, 2.45) is 0 Å². The van der Waals surface area contributed by atoms with Crippen LogP contribution in [0.5, 0.6) is 0 Å². The Bertz CT molecular complexity index is 1240. The van der Waals surface area contributed by atoms with Gasteiger partial charge < -0.3 is 16.0 Å². The fraction of sp³-hybridized carbons (Fsp3) is 0.143. The molecule has 0 aliphatic carbocycles. The van der Waals surface area contributed by atoms with Crippen LogP contribution in [-0.4, -0.2) is 21.8 Å². The zero-order valence-electron chi connectivity index (χ0n) is 16.3. The van der Waals surface area contributed by atoms with Gasteiger partial charge in [0, 0.05) is 27.8 Å². The number of aromatic amines is 1. The second kappa shape index (κ2) is 8.41. The Labute approximate surface area is 187 Å². The molecule has 8 nitrogen and oxygen atoms in total. The summed E-state index contributed by atoms with van der Waals surface area (Å²) in [6, 6.07) is 11.9. The molecule has 1 aliphatic heterocycles. The molecular formula is C21H17Cl2N5O3. The fourth-order valence-corrected chi connectivity index (χ4v) is 3.59.